The van der Waals surface area contributed by atoms with E-state index in [1.165, 1.54) is 12.7 Å². The highest BCUT2D eigenvalue weighted by Crippen LogP contribution is 2.43. The number of benzene rings is 1. The van der Waals surface area contributed by atoms with Gasteiger partial charge in [-0.15, -0.1) is 0 Å². The largest absolute Gasteiger partial charge is 0.389 e. The van der Waals surface area contributed by atoms with Crippen molar-refractivity contribution in [1.29, 1.82) is 0 Å². The summed E-state index contributed by atoms with van der Waals surface area (Å²) in [5.41, 5.74) is 5.20. The van der Waals surface area contributed by atoms with Crippen molar-refractivity contribution in [3.05, 3.63) is 65.4 Å². The van der Waals surface area contributed by atoms with Crippen LogP contribution in [0.1, 0.15) is 72.3 Å². The zero-order valence-electron chi connectivity index (χ0n) is 17.8. The monoisotopic (exact) mass is 415 g/mol. The van der Waals surface area contributed by atoms with Gasteiger partial charge in [0.05, 0.1) is 11.4 Å². The second kappa shape index (κ2) is 7.72. The van der Waals surface area contributed by atoms with E-state index >= 15 is 0 Å². The second-order valence-electron chi connectivity index (χ2n) is 8.76. The number of nitrogens with zero attached hydrogens (tertiary/aromatic N) is 4. The minimum atomic E-state index is -0.127. The molecule has 1 atom stereocenters. The first-order valence-corrected chi connectivity index (χ1v) is 10.7. The van der Waals surface area contributed by atoms with E-state index < -0.39 is 0 Å². The van der Waals surface area contributed by atoms with E-state index in [1.54, 1.807) is 0 Å². The summed E-state index contributed by atoms with van der Waals surface area (Å²) in [7, 11) is 0. The van der Waals surface area contributed by atoms with Crippen LogP contribution in [0.3, 0.4) is 0 Å². The van der Waals surface area contributed by atoms with Gasteiger partial charge in [-0.3, -0.25) is 14.9 Å². The molecule has 1 aliphatic heterocycles. The summed E-state index contributed by atoms with van der Waals surface area (Å²) >= 11 is 0. The molecule has 0 radical (unpaired) electrons. The fourth-order valence-electron chi connectivity index (χ4n) is 4.20. The lowest BCUT2D eigenvalue weighted by molar-refractivity contribution is -0.0755. The van der Waals surface area contributed by atoms with Gasteiger partial charge in [-0.2, -0.15) is 5.10 Å². The maximum Gasteiger partial charge on any atom is 0.163 e. The number of carbonyl (C=O) groups is 1. The number of ketones is 1. The summed E-state index contributed by atoms with van der Waals surface area (Å²) in [5.74, 6) is 0.715. The first kappa shape index (κ1) is 19.6. The van der Waals surface area contributed by atoms with E-state index in [-0.39, 0.29) is 17.3 Å². The molecule has 0 unspecified atom stereocenters. The smallest absolute Gasteiger partial charge is 0.163 e. The third-order valence-corrected chi connectivity index (χ3v) is 6.29. The van der Waals surface area contributed by atoms with E-state index in [9.17, 15) is 4.79 Å². The number of hydrogen-bond donors (Lipinski definition) is 1. The predicted molar refractivity (Wildman–Crippen MR) is 117 cm³/mol. The second-order valence-corrected chi connectivity index (χ2v) is 8.76. The molecule has 158 valence electrons. The minimum absolute atomic E-state index is 0.0509. The molecular weight excluding hydrogens is 390 g/mol. The molecule has 1 saturated carbocycles. The minimum Gasteiger partial charge on any atom is -0.389 e. The Bertz CT molecular complexity index is 1130. The molecule has 5 rings (SSSR count). The maximum atomic E-state index is 13.2. The van der Waals surface area contributed by atoms with Gasteiger partial charge in [0, 0.05) is 41.6 Å². The Balaban J connectivity index is 1.48. The molecule has 1 aromatic carbocycles. The zero-order valence-corrected chi connectivity index (χ0v) is 17.8. The Morgan fingerprint density at radius 1 is 1.19 bits per heavy atom. The van der Waals surface area contributed by atoms with Crippen LogP contribution in [0, 0.1) is 6.92 Å². The summed E-state index contributed by atoms with van der Waals surface area (Å²) in [6, 6.07) is 9.94. The zero-order chi connectivity index (χ0) is 21.4. The molecule has 1 N–H and O–H groups in total. The van der Waals surface area contributed by atoms with Crippen LogP contribution >= 0.6 is 0 Å². The highest BCUT2D eigenvalue weighted by atomic mass is 16.7. The van der Waals surface area contributed by atoms with Gasteiger partial charge < -0.3 is 4.84 Å². The molecular formula is C24H25N5O2. The molecule has 0 saturated heterocycles. The van der Waals surface area contributed by atoms with Crippen LogP contribution in [0.15, 0.2) is 48.0 Å². The summed E-state index contributed by atoms with van der Waals surface area (Å²) in [6.45, 7) is 3.98. The summed E-state index contributed by atoms with van der Waals surface area (Å²) in [5, 5.41) is 11.1. The number of aryl methyl sites for hydroxylation is 1. The molecule has 1 fully saturated rings. The third-order valence-electron chi connectivity index (χ3n) is 6.29. The van der Waals surface area contributed by atoms with Crippen molar-refractivity contribution in [1.82, 2.24) is 20.2 Å². The molecule has 1 spiro atoms. The van der Waals surface area contributed by atoms with Gasteiger partial charge in [0.15, 0.2) is 5.78 Å². The highest BCUT2D eigenvalue weighted by Gasteiger charge is 2.45. The molecule has 2 aromatic heterocycles. The van der Waals surface area contributed by atoms with E-state index in [0.717, 1.165) is 47.4 Å². The summed E-state index contributed by atoms with van der Waals surface area (Å²) < 4.78 is 0. The number of H-pyrrole nitrogens is 1. The fraction of sp³-hybridized carbons (Fsp3) is 0.375. The fourth-order valence-corrected chi connectivity index (χ4v) is 4.20. The lowest BCUT2D eigenvalue weighted by Crippen LogP contribution is -2.36. The Hall–Kier alpha value is -3.35. The van der Waals surface area contributed by atoms with Crippen molar-refractivity contribution >= 4 is 11.5 Å². The molecule has 7 heteroatoms. The van der Waals surface area contributed by atoms with Crippen molar-refractivity contribution < 1.29 is 9.63 Å². The molecule has 0 bridgehead atoms. The van der Waals surface area contributed by atoms with Crippen LogP contribution in [0.4, 0.5) is 0 Å². The Morgan fingerprint density at radius 2 is 2.03 bits per heavy atom. The molecule has 3 heterocycles. The number of oxime groups is 1. The molecule has 3 aromatic rings. The van der Waals surface area contributed by atoms with Gasteiger partial charge in [0.2, 0.25) is 0 Å². The van der Waals surface area contributed by atoms with E-state index in [2.05, 4.69) is 31.4 Å². The molecule has 2 aliphatic rings. The Kier molecular flexibility index (Phi) is 4.88. The normalized spacial score (nSPS) is 17.7. The SMILES string of the molecule is Cc1ccc(-c2cc(C(=O)C[C@H](C)c3ncn[nH]3)cc(C3=NOC4(CCC4)C3)c2)nc1. The summed E-state index contributed by atoms with van der Waals surface area (Å²) in [4.78, 5) is 27.7. The molecule has 31 heavy (non-hydrogen) atoms. The van der Waals surface area contributed by atoms with Crippen LogP contribution in [-0.4, -0.2) is 37.3 Å². The average molecular weight is 415 g/mol. The van der Waals surface area contributed by atoms with Gasteiger partial charge in [0.1, 0.15) is 17.8 Å². The van der Waals surface area contributed by atoms with Gasteiger partial charge in [-0.25, -0.2) is 4.98 Å². The van der Waals surface area contributed by atoms with Crippen molar-refractivity contribution in [3.63, 3.8) is 0 Å². The molecule has 0 amide bonds. The molecule has 7 nitrogen and oxygen atoms in total. The highest BCUT2D eigenvalue weighted by molar-refractivity contribution is 6.06. The predicted octanol–water partition coefficient (Wildman–Crippen LogP) is 4.60. The third kappa shape index (κ3) is 3.87. The van der Waals surface area contributed by atoms with Gasteiger partial charge >= 0.3 is 0 Å². The lowest BCUT2D eigenvalue weighted by atomic mass is 9.76. The lowest BCUT2D eigenvalue weighted by Gasteiger charge is -2.34. The van der Waals surface area contributed by atoms with Gasteiger partial charge in [0.25, 0.3) is 0 Å². The number of rotatable bonds is 6. The number of pyridine rings is 1. The standard InChI is InChI=1S/C24H25N5O2/c1-15-4-5-20(25-13-15)17-9-18(21-12-24(31-29-21)6-3-7-24)11-19(10-17)22(30)8-16(2)23-26-14-27-28-23/h4-5,9-11,13-14,16H,3,6-8,12H2,1-2H3,(H,26,27,28)/t16-/m0/s1. The van der Waals surface area contributed by atoms with Crippen molar-refractivity contribution in [2.45, 2.75) is 57.5 Å². The number of Topliss-reactive ketones (excluding diaryl/α,β-unsaturated/α-hetero) is 1. The van der Waals surface area contributed by atoms with Crippen LogP contribution in [0.5, 0.6) is 0 Å². The first-order valence-electron chi connectivity index (χ1n) is 10.7. The maximum absolute atomic E-state index is 13.2. The van der Waals surface area contributed by atoms with E-state index in [4.69, 9.17) is 4.84 Å². The van der Waals surface area contributed by atoms with Crippen LogP contribution < -0.4 is 0 Å². The van der Waals surface area contributed by atoms with Crippen molar-refractivity contribution in [2.24, 2.45) is 5.16 Å². The Morgan fingerprint density at radius 3 is 2.68 bits per heavy atom. The Labute approximate surface area is 181 Å². The number of carbonyl (C=O) groups excluding carboxylic acids is 1. The van der Waals surface area contributed by atoms with Crippen molar-refractivity contribution in [3.8, 4) is 11.3 Å². The van der Waals surface area contributed by atoms with E-state index in [0.29, 0.717) is 17.8 Å². The number of nitrogens with one attached hydrogen (secondary N) is 1. The summed E-state index contributed by atoms with van der Waals surface area (Å²) in [6.07, 6.45) is 7.70. The quantitative estimate of drug-likeness (QED) is 0.594. The first-order chi connectivity index (χ1) is 15.0. The molecule has 1 aliphatic carbocycles. The van der Waals surface area contributed by atoms with Crippen LogP contribution in [0.25, 0.3) is 11.3 Å². The van der Waals surface area contributed by atoms with E-state index in [1.807, 2.05) is 44.3 Å². The van der Waals surface area contributed by atoms with Gasteiger partial charge in [-0.1, -0.05) is 18.1 Å². The number of aromatic nitrogens is 4. The van der Waals surface area contributed by atoms with Gasteiger partial charge in [-0.05, 0) is 56.0 Å². The van der Waals surface area contributed by atoms with Crippen LogP contribution in [-0.2, 0) is 4.84 Å². The van der Waals surface area contributed by atoms with Crippen molar-refractivity contribution in [2.75, 3.05) is 0 Å². The van der Waals surface area contributed by atoms with Crippen LogP contribution in [0.2, 0.25) is 0 Å². The topological polar surface area (TPSA) is 93.1 Å². The number of aromatic amines is 1. The average Bonchev–Trinajstić information content (AvgIpc) is 3.44. The number of hydrogen-bond acceptors (Lipinski definition) is 6.